The van der Waals surface area contributed by atoms with E-state index >= 15 is 0 Å². The Bertz CT molecular complexity index is 783. The standard InChI is InChI=1S/C21H20Cl2O3/c1-21(2)16(13-17(22)23)18(21)19(24)26-20(14-9-5-3-6-10-14)25-15-11-7-4-8-12-15/h3-13,16,18,20H,1-2H3/t16-,18-,20?/m0/s1. The molecule has 0 heterocycles. The van der Waals surface area contributed by atoms with Crippen LogP contribution < -0.4 is 4.74 Å². The van der Waals surface area contributed by atoms with Gasteiger partial charge in [0.05, 0.1) is 5.92 Å². The first-order valence-electron chi connectivity index (χ1n) is 8.39. The summed E-state index contributed by atoms with van der Waals surface area (Å²) in [5.41, 5.74) is 0.519. The molecule has 0 bridgehead atoms. The van der Waals surface area contributed by atoms with E-state index < -0.39 is 6.29 Å². The van der Waals surface area contributed by atoms with Gasteiger partial charge in [0.1, 0.15) is 10.2 Å². The molecule has 0 saturated heterocycles. The van der Waals surface area contributed by atoms with Crippen LogP contribution in [0.3, 0.4) is 0 Å². The second kappa shape index (κ2) is 7.73. The van der Waals surface area contributed by atoms with Crippen molar-refractivity contribution < 1.29 is 14.3 Å². The monoisotopic (exact) mass is 390 g/mol. The van der Waals surface area contributed by atoms with Crippen molar-refractivity contribution in [3.63, 3.8) is 0 Å². The molecular formula is C21H20Cl2O3. The maximum Gasteiger partial charge on any atom is 0.313 e. The molecular weight excluding hydrogens is 371 g/mol. The van der Waals surface area contributed by atoms with Gasteiger partial charge in [-0.05, 0) is 29.5 Å². The van der Waals surface area contributed by atoms with Crippen molar-refractivity contribution in [1.82, 2.24) is 0 Å². The molecule has 5 heteroatoms. The van der Waals surface area contributed by atoms with Crippen LogP contribution in [0, 0.1) is 17.3 Å². The van der Waals surface area contributed by atoms with Gasteiger partial charge in [0.15, 0.2) is 0 Å². The summed E-state index contributed by atoms with van der Waals surface area (Å²) in [7, 11) is 0. The molecule has 0 aromatic heterocycles. The number of halogens is 2. The fourth-order valence-electron chi connectivity index (χ4n) is 3.15. The number of para-hydroxylation sites is 1. The molecule has 0 N–H and O–H groups in total. The average molecular weight is 391 g/mol. The number of hydrogen-bond donors (Lipinski definition) is 0. The van der Waals surface area contributed by atoms with Crippen molar-refractivity contribution in [2.75, 3.05) is 0 Å². The maximum atomic E-state index is 12.8. The van der Waals surface area contributed by atoms with Crippen LogP contribution in [0.5, 0.6) is 5.75 Å². The van der Waals surface area contributed by atoms with E-state index in [1.54, 1.807) is 6.08 Å². The first kappa shape index (κ1) is 18.8. The van der Waals surface area contributed by atoms with Gasteiger partial charge in [0.25, 0.3) is 6.29 Å². The molecule has 1 saturated carbocycles. The van der Waals surface area contributed by atoms with Crippen molar-refractivity contribution in [2.45, 2.75) is 20.1 Å². The van der Waals surface area contributed by atoms with Gasteiger partial charge in [-0.25, -0.2) is 0 Å². The number of ether oxygens (including phenoxy) is 2. The molecule has 1 fully saturated rings. The van der Waals surface area contributed by atoms with Gasteiger partial charge in [-0.2, -0.15) is 0 Å². The summed E-state index contributed by atoms with van der Waals surface area (Å²) in [6, 6.07) is 18.7. The zero-order valence-electron chi connectivity index (χ0n) is 14.6. The fourth-order valence-corrected chi connectivity index (χ4v) is 3.42. The van der Waals surface area contributed by atoms with Crippen LogP contribution in [0.25, 0.3) is 0 Å². The van der Waals surface area contributed by atoms with E-state index in [-0.39, 0.29) is 27.7 Å². The maximum absolute atomic E-state index is 12.8. The van der Waals surface area contributed by atoms with Crippen LogP contribution in [0.2, 0.25) is 0 Å². The number of esters is 1. The van der Waals surface area contributed by atoms with Gasteiger partial charge < -0.3 is 9.47 Å². The zero-order valence-corrected chi connectivity index (χ0v) is 16.1. The summed E-state index contributed by atoms with van der Waals surface area (Å²) in [6.07, 6.45) is 0.878. The molecule has 2 aromatic carbocycles. The second-order valence-electron chi connectivity index (χ2n) is 6.89. The van der Waals surface area contributed by atoms with Gasteiger partial charge in [-0.15, -0.1) is 0 Å². The summed E-state index contributed by atoms with van der Waals surface area (Å²) in [6.45, 7) is 3.98. The van der Waals surface area contributed by atoms with Crippen molar-refractivity contribution in [3.8, 4) is 5.75 Å². The zero-order chi connectivity index (χ0) is 18.7. The minimum Gasteiger partial charge on any atom is -0.450 e. The van der Waals surface area contributed by atoms with E-state index in [0.717, 1.165) is 5.56 Å². The van der Waals surface area contributed by atoms with Gasteiger partial charge in [-0.1, -0.05) is 85.6 Å². The van der Waals surface area contributed by atoms with Crippen molar-refractivity contribution >= 4 is 29.2 Å². The highest BCUT2D eigenvalue weighted by atomic mass is 35.5. The SMILES string of the molecule is CC1(C)[C@H](C(=O)OC(Oc2ccccc2)c2ccccc2)[C@@H]1C=C(Cl)Cl. The number of carbonyl (C=O) groups excluding carboxylic acids is 1. The lowest BCUT2D eigenvalue weighted by molar-refractivity contribution is -0.167. The third kappa shape index (κ3) is 4.22. The van der Waals surface area contributed by atoms with Crippen LogP contribution >= 0.6 is 23.2 Å². The second-order valence-corrected chi connectivity index (χ2v) is 7.90. The molecule has 1 aliphatic carbocycles. The number of hydrogen-bond acceptors (Lipinski definition) is 3. The van der Waals surface area contributed by atoms with Gasteiger partial charge in [-0.3, -0.25) is 4.79 Å². The summed E-state index contributed by atoms with van der Waals surface area (Å²) in [4.78, 5) is 12.8. The third-order valence-electron chi connectivity index (χ3n) is 4.75. The van der Waals surface area contributed by atoms with Gasteiger partial charge in [0.2, 0.25) is 0 Å². The number of carbonyl (C=O) groups is 1. The Balaban J connectivity index is 1.78. The van der Waals surface area contributed by atoms with E-state index in [4.69, 9.17) is 32.7 Å². The minimum atomic E-state index is -0.821. The van der Waals surface area contributed by atoms with Crippen molar-refractivity contribution in [3.05, 3.63) is 76.8 Å². The fraction of sp³-hybridized carbons (Fsp3) is 0.286. The molecule has 26 heavy (non-hydrogen) atoms. The lowest BCUT2D eigenvalue weighted by Gasteiger charge is -2.20. The summed E-state index contributed by atoms with van der Waals surface area (Å²) >= 11 is 11.5. The molecule has 3 rings (SSSR count). The van der Waals surface area contributed by atoms with E-state index in [2.05, 4.69) is 0 Å². The van der Waals surface area contributed by atoms with E-state index in [1.807, 2.05) is 74.5 Å². The van der Waals surface area contributed by atoms with Crippen molar-refractivity contribution in [2.24, 2.45) is 17.3 Å². The van der Waals surface area contributed by atoms with Crippen molar-refractivity contribution in [1.29, 1.82) is 0 Å². The average Bonchev–Trinajstić information content (AvgIpc) is 3.15. The Morgan fingerprint density at radius 2 is 1.62 bits per heavy atom. The quantitative estimate of drug-likeness (QED) is 0.454. The Morgan fingerprint density at radius 3 is 2.19 bits per heavy atom. The molecule has 0 spiro atoms. The van der Waals surface area contributed by atoms with Crippen LogP contribution in [-0.4, -0.2) is 5.97 Å². The van der Waals surface area contributed by atoms with E-state index in [9.17, 15) is 4.79 Å². The Hall–Kier alpha value is -1.97. The first-order chi connectivity index (χ1) is 12.4. The topological polar surface area (TPSA) is 35.5 Å². The molecule has 0 radical (unpaired) electrons. The van der Waals surface area contributed by atoms with E-state index in [1.165, 1.54) is 0 Å². The lowest BCUT2D eigenvalue weighted by atomic mass is 10.1. The molecule has 3 nitrogen and oxygen atoms in total. The summed E-state index contributed by atoms with van der Waals surface area (Å²) in [5, 5.41) is 0. The molecule has 136 valence electrons. The first-order valence-corrected chi connectivity index (χ1v) is 9.15. The predicted octanol–water partition coefficient (Wildman–Crippen LogP) is 5.90. The number of benzene rings is 2. The summed E-state index contributed by atoms with van der Waals surface area (Å²) < 4.78 is 11.8. The third-order valence-corrected chi connectivity index (χ3v) is 5.00. The minimum absolute atomic E-state index is 0.0480. The normalized spacial score (nSPS) is 21.4. The van der Waals surface area contributed by atoms with Crippen LogP contribution in [0.15, 0.2) is 71.2 Å². The molecule has 2 aromatic rings. The van der Waals surface area contributed by atoms with Gasteiger partial charge in [0, 0.05) is 5.56 Å². The molecule has 3 atom stereocenters. The largest absolute Gasteiger partial charge is 0.450 e. The molecule has 1 aliphatic rings. The Kier molecular flexibility index (Phi) is 5.59. The lowest BCUT2D eigenvalue weighted by Crippen LogP contribution is -2.19. The Labute approximate surface area is 163 Å². The molecule has 0 amide bonds. The highest BCUT2D eigenvalue weighted by Gasteiger charge is 2.62. The summed E-state index contributed by atoms with van der Waals surface area (Å²) in [5.74, 6) is -0.0474. The van der Waals surface area contributed by atoms with Crippen LogP contribution in [-0.2, 0) is 9.53 Å². The number of rotatable bonds is 6. The smallest absolute Gasteiger partial charge is 0.313 e. The highest BCUT2D eigenvalue weighted by Crippen LogP contribution is 2.60. The van der Waals surface area contributed by atoms with Crippen LogP contribution in [0.4, 0.5) is 0 Å². The highest BCUT2D eigenvalue weighted by molar-refractivity contribution is 6.55. The van der Waals surface area contributed by atoms with E-state index in [0.29, 0.717) is 5.75 Å². The molecule has 0 aliphatic heterocycles. The van der Waals surface area contributed by atoms with Gasteiger partial charge >= 0.3 is 5.97 Å². The number of allylic oxidation sites excluding steroid dienone is 1. The molecule has 1 unspecified atom stereocenters. The predicted molar refractivity (Wildman–Crippen MR) is 103 cm³/mol. The Morgan fingerprint density at radius 1 is 1.04 bits per heavy atom. The van der Waals surface area contributed by atoms with Crippen LogP contribution in [0.1, 0.15) is 25.7 Å².